The van der Waals surface area contributed by atoms with Gasteiger partial charge in [0.1, 0.15) is 5.78 Å². The maximum Gasteiger partial charge on any atom is 0.236 e. The lowest BCUT2D eigenvalue weighted by molar-refractivity contribution is -0.132. The lowest BCUT2D eigenvalue weighted by Gasteiger charge is -2.52. The van der Waals surface area contributed by atoms with Gasteiger partial charge in [-0.05, 0) is 93.3 Å². The Balaban J connectivity index is 1.25. The smallest absolute Gasteiger partial charge is 0.236 e. The second-order valence-electron chi connectivity index (χ2n) is 14.7. The molecular formula is C32H50N2O3. The molecule has 5 heteroatoms. The summed E-state index contributed by atoms with van der Waals surface area (Å²) < 4.78 is 7.18. The van der Waals surface area contributed by atoms with Crippen LogP contribution in [0.5, 0.6) is 0 Å². The normalized spacial score (nSPS) is 47.8. The van der Waals surface area contributed by atoms with Crippen molar-refractivity contribution in [3.05, 3.63) is 11.1 Å². The van der Waals surface area contributed by atoms with Crippen molar-refractivity contribution < 1.29 is 14.3 Å². The van der Waals surface area contributed by atoms with Crippen molar-refractivity contribution in [2.24, 2.45) is 40.9 Å². The van der Waals surface area contributed by atoms with E-state index in [2.05, 4.69) is 32.6 Å². The molecule has 0 radical (unpaired) electrons. The summed E-state index contributed by atoms with van der Waals surface area (Å²) in [7, 11) is 3.74. The quantitative estimate of drug-likeness (QED) is 0.462. The Morgan fingerprint density at radius 3 is 2.68 bits per heavy atom. The summed E-state index contributed by atoms with van der Waals surface area (Å²) in [6.07, 6.45) is 11.4. The first-order chi connectivity index (χ1) is 17.5. The predicted molar refractivity (Wildman–Crippen MR) is 146 cm³/mol. The van der Waals surface area contributed by atoms with Crippen molar-refractivity contribution in [2.45, 2.75) is 110 Å². The highest BCUT2D eigenvalue weighted by Crippen LogP contribution is 2.65. The van der Waals surface area contributed by atoms with Crippen molar-refractivity contribution in [1.82, 2.24) is 9.80 Å². The molecule has 6 rings (SSSR count). The summed E-state index contributed by atoms with van der Waals surface area (Å²) in [6, 6.07) is 0.345. The van der Waals surface area contributed by atoms with Crippen LogP contribution in [0.4, 0.5) is 0 Å². The van der Waals surface area contributed by atoms with Crippen molar-refractivity contribution in [3.8, 4) is 0 Å². The summed E-state index contributed by atoms with van der Waals surface area (Å²) in [6.45, 7) is 11.2. The van der Waals surface area contributed by atoms with E-state index in [1.165, 1.54) is 25.7 Å². The van der Waals surface area contributed by atoms with Crippen molar-refractivity contribution in [2.75, 3.05) is 27.2 Å². The van der Waals surface area contributed by atoms with E-state index in [0.717, 1.165) is 56.9 Å². The lowest BCUT2D eigenvalue weighted by atomic mass is 9.52. The highest BCUT2D eigenvalue weighted by Gasteiger charge is 2.60. The summed E-state index contributed by atoms with van der Waals surface area (Å²) in [5, 5.41) is 0. The molecule has 206 valence electrons. The van der Waals surface area contributed by atoms with Crippen molar-refractivity contribution in [1.29, 1.82) is 0 Å². The Kier molecular flexibility index (Phi) is 6.46. The van der Waals surface area contributed by atoms with E-state index >= 15 is 0 Å². The lowest BCUT2D eigenvalue weighted by Crippen LogP contribution is -2.54. The molecule has 1 amide bonds. The maximum atomic E-state index is 12.7. The predicted octanol–water partition coefficient (Wildman–Crippen LogP) is 5.48. The van der Waals surface area contributed by atoms with Crippen LogP contribution in [-0.2, 0) is 14.3 Å². The molecule has 2 aliphatic heterocycles. The number of nitrogens with zero attached hydrogens (tertiary/aromatic N) is 2. The minimum atomic E-state index is -0.0892. The van der Waals surface area contributed by atoms with E-state index in [-0.39, 0.29) is 17.6 Å². The first-order valence-corrected chi connectivity index (χ1v) is 15.3. The van der Waals surface area contributed by atoms with Gasteiger partial charge in [0, 0.05) is 45.4 Å². The number of hydrogen-bond donors (Lipinski definition) is 0. The van der Waals surface area contributed by atoms with Gasteiger partial charge in [0.25, 0.3) is 0 Å². The van der Waals surface area contributed by atoms with E-state index in [1.54, 1.807) is 16.0 Å². The van der Waals surface area contributed by atoms with Crippen LogP contribution in [0.3, 0.4) is 0 Å². The molecule has 2 saturated heterocycles. The van der Waals surface area contributed by atoms with Crippen molar-refractivity contribution in [3.63, 3.8) is 0 Å². The van der Waals surface area contributed by atoms with Gasteiger partial charge >= 0.3 is 0 Å². The fourth-order valence-electron chi connectivity index (χ4n) is 10.5. The first kappa shape index (κ1) is 26.0. The molecule has 0 aromatic carbocycles. The third kappa shape index (κ3) is 4.08. The number of Topliss-reactive ketones (excluding diaryl/α,β-unsaturated/α-hetero) is 1. The molecule has 0 aromatic rings. The maximum absolute atomic E-state index is 12.7. The fourth-order valence-corrected chi connectivity index (χ4v) is 10.5. The van der Waals surface area contributed by atoms with Gasteiger partial charge in [-0.15, -0.1) is 0 Å². The van der Waals surface area contributed by atoms with E-state index in [1.807, 2.05) is 14.1 Å². The number of likely N-dealkylation sites (N-methyl/N-ethyl adjacent to an activating group) is 1. The Labute approximate surface area is 224 Å². The van der Waals surface area contributed by atoms with Crippen LogP contribution >= 0.6 is 0 Å². The van der Waals surface area contributed by atoms with Crippen LogP contribution in [0.1, 0.15) is 91.9 Å². The largest absolute Gasteiger partial charge is 0.369 e. The number of carbonyl (C=O) groups is 2. The van der Waals surface area contributed by atoms with Gasteiger partial charge in [0.05, 0.1) is 18.2 Å². The molecule has 5 fully saturated rings. The zero-order valence-corrected chi connectivity index (χ0v) is 24.2. The first-order valence-electron chi connectivity index (χ1n) is 15.3. The summed E-state index contributed by atoms with van der Waals surface area (Å²) in [5.41, 5.74) is 3.65. The number of likely N-dealkylation sites (tertiary alicyclic amines) is 1. The SMILES string of the molecule is CC1=C2CC3C(CCC4CC(=O)CCC43C)C2CCC2(C1)OC1CC(C)CN(CC(=O)N(C)C)C1C2C. The number of carbonyl (C=O) groups excluding carboxylic acids is 2. The van der Waals surface area contributed by atoms with E-state index in [0.29, 0.717) is 47.5 Å². The molecule has 4 aliphatic carbocycles. The standard InChI is InChI=1S/C32H50N2O3/c1-19-13-28-30(34(17-19)18-29(36)33(5)6)21(3)32(37-28)12-10-24-25-8-7-22-14-23(35)9-11-31(22,4)27(25)15-26(24)20(2)16-32/h19,21-22,24-25,27-28,30H,7-18H2,1-6H3. The van der Waals surface area contributed by atoms with Crippen LogP contribution in [0.2, 0.25) is 0 Å². The molecule has 3 saturated carbocycles. The van der Waals surface area contributed by atoms with Gasteiger partial charge in [0.2, 0.25) is 5.91 Å². The van der Waals surface area contributed by atoms with E-state index < -0.39 is 0 Å². The van der Waals surface area contributed by atoms with Crippen LogP contribution < -0.4 is 0 Å². The average Bonchev–Trinajstić information content (AvgIpc) is 3.29. The van der Waals surface area contributed by atoms with Gasteiger partial charge in [-0.1, -0.05) is 31.9 Å². The molecule has 0 bridgehead atoms. The van der Waals surface area contributed by atoms with E-state index in [4.69, 9.17) is 4.74 Å². The number of fused-ring (bicyclic) bond motifs is 6. The average molecular weight is 511 g/mol. The molecule has 0 N–H and O–H groups in total. The minimum absolute atomic E-state index is 0.0892. The molecule has 5 nitrogen and oxygen atoms in total. The highest BCUT2D eigenvalue weighted by atomic mass is 16.5. The number of piperidine rings is 1. The third-order valence-electron chi connectivity index (χ3n) is 12.5. The third-order valence-corrected chi connectivity index (χ3v) is 12.5. The Morgan fingerprint density at radius 1 is 1.14 bits per heavy atom. The van der Waals surface area contributed by atoms with Gasteiger partial charge < -0.3 is 9.64 Å². The zero-order chi connectivity index (χ0) is 26.3. The topological polar surface area (TPSA) is 49.9 Å². The Bertz CT molecular complexity index is 989. The molecule has 37 heavy (non-hydrogen) atoms. The summed E-state index contributed by atoms with van der Waals surface area (Å²) in [5.74, 6) is 4.59. The molecule has 10 atom stereocenters. The second kappa shape index (κ2) is 9.18. The molecule has 2 heterocycles. The number of ether oxygens (including phenoxy) is 1. The number of allylic oxidation sites excluding steroid dienone is 1. The second-order valence-corrected chi connectivity index (χ2v) is 14.7. The molecule has 10 unspecified atom stereocenters. The van der Waals surface area contributed by atoms with Crippen LogP contribution in [0, 0.1) is 40.9 Å². The van der Waals surface area contributed by atoms with Crippen LogP contribution in [0.15, 0.2) is 11.1 Å². The van der Waals surface area contributed by atoms with Crippen LogP contribution in [-0.4, -0.2) is 66.4 Å². The highest BCUT2D eigenvalue weighted by molar-refractivity contribution is 5.79. The minimum Gasteiger partial charge on any atom is -0.369 e. The van der Waals surface area contributed by atoms with Crippen molar-refractivity contribution >= 4 is 11.7 Å². The monoisotopic (exact) mass is 510 g/mol. The van der Waals surface area contributed by atoms with Gasteiger partial charge in [-0.25, -0.2) is 0 Å². The Hall–Kier alpha value is -1.20. The number of ketones is 1. The summed E-state index contributed by atoms with van der Waals surface area (Å²) in [4.78, 5) is 29.2. The zero-order valence-electron chi connectivity index (χ0n) is 24.2. The Morgan fingerprint density at radius 2 is 1.92 bits per heavy atom. The fraction of sp³-hybridized carbons (Fsp3) is 0.875. The molecule has 6 aliphatic rings. The van der Waals surface area contributed by atoms with Crippen LogP contribution in [0.25, 0.3) is 0 Å². The molecule has 1 spiro atoms. The molecular weight excluding hydrogens is 460 g/mol. The number of rotatable bonds is 2. The van der Waals surface area contributed by atoms with E-state index in [9.17, 15) is 9.59 Å². The number of hydrogen-bond acceptors (Lipinski definition) is 4. The van der Waals surface area contributed by atoms with Gasteiger partial charge in [-0.2, -0.15) is 0 Å². The van der Waals surface area contributed by atoms with Gasteiger partial charge in [0.15, 0.2) is 0 Å². The number of amides is 1. The molecule has 0 aromatic heterocycles. The summed E-state index contributed by atoms with van der Waals surface area (Å²) >= 11 is 0. The van der Waals surface area contributed by atoms with Gasteiger partial charge in [-0.3, -0.25) is 14.5 Å².